The Labute approximate surface area is 292 Å². The second kappa shape index (κ2) is 15.4. The third-order valence-corrected chi connectivity index (χ3v) is 10.1. The maximum absolute atomic E-state index is 13.3. The summed E-state index contributed by atoms with van der Waals surface area (Å²) in [5.74, 6) is 0.578. The Kier molecular flexibility index (Phi) is 10.8. The fraction of sp³-hybridized carbons (Fsp3) is 0.342. The fourth-order valence-electron chi connectivity index (χ4n) is 6.60. The van der Waals surface area contributed by atoms with Crippen LogP contribution in [-0.4, -0.2) is 65.4 Å². The van der Waals surface area contributed by atoms with E-state index in [9.17, 15) is 9.59 Å². The van der Waals surface area contributed by atoms with Crippen LogP contribution >= 0.6 is 23.2 Å². The highest BCUT2D eigenvalue weighted by Crippen LogP contribution is 2.32. The van der Waals surface area contributed by atoms with Crippen molar-refractivity contribution in [3.63, 3.8) is 0 Å². The zero-order chi connectivity index (χ0) is 33.6. The molecular formula is C38H41Cl2N5O3. The number of nitrogens with zero attached hydrogens (tertiary/aromatic N) is 3. The number of benzene rings is 3. The van der Waals surface area contributed by atoms with E-state index in [-0.39, 0.29) is 17.6 Å². The molecule has 0 radical (unpaired) electrons. The van der Waals surface area contributed by atoms with Crippen LogP contribution in [0.1, 0.15) is 70.6 Å². The second-order valence-corrected chi connectivity index (χ2v) is 13.4. The maximum Gasteiger partial charge on any atom is 0.253 e. The van der Waals surface area contributed by atoms with E-state index in [0.717, 1.165) is 48.2 Å². The van der Waals surface area contributed by atoms with Crippen molar-refractivity contribution in [2.45, 2.75) is 51.2 Å². The van der Waals surface area contributed by atoms with E-state index >= 15 is 0 Å². The first-order chi connectivity index (χ1) is 23.3. The summed E-state index contributed by atoms with van der Waals surface area (Å²) in [4.78, 5) is 35.2. The Bertz CT molecular complexity index is 1730. The minimum atomic E-state index is -0.409. The van der Waals surface area contributed by atoms with Gasteiger partial charge in [0.05, 0.1) is 0 Å². The Morgan fingerprint density at radius 3 is 2.31 bits per heavy atom. The predicted octanol–water partition coefficient (Wildman–Crippen LogP) is 7.45. The number of carbonyl (C=O) groups excluding carboxylic acids is 2. The molecule has 8 nitrogen and oxygen atoms in total. The minimum absolute atomic E-state index is 0.0793. The first kappa shape index (κ1) is 33.8. The molecule has 1 unspecified atom stereocenters. The summed E-state index contributed by atoms with van der Waals surface area (Å²) in [7, 11) is 0. The van der Waals surface area contributed by atoms with Crippen molar-refractivity contribution in [3.8, 4) is 16.9 Å². The summed E-state index contributed by atoms with van der Waals surface area (Å²) in [6, 6.07) is 22.8. The summed E-state index contributed by atoms with van der Waals surface area (Å²) in [5, 5.41) is 4.10. The number of nitrogens with one attached hydrogen (secondary N) is 1. The maximum atomic E-state index is 13.3. The highest BCUT2D eigenvalue weighted by Gasteiger charge is 2.28. The van der Waals surface area contributed by atoms with Gasteiger partial charge in [0.15, 0.2) is 11.6 Å². The molecule has 0 aliphatic carbocycles. The van der Waals surface area contributed by atoms with Crippen molar-refractivity contribution in [3.05, 3.63) is 111 Å². The van der Waals surface area contributed by atoms with Crippen molar-refractivity contribution < 1.29 is 14.3 Å². The van der Waals surface area contributed by atoms with E-state index in [1.54, 1.807) is 36.5 Å². The van der Waals surface area contributed by atoms with Gasteiger partial charge in [-0.15, -0.1) is 0 Å². The lowest BCUT2D eigenvalue weighted by molar-refractivity contribution is 0.0644. The molecule has 2 amide bonds. The molecule has 2 aliphatic rings. The zero-order valence-corrected chi connectivity index (χ0v) is 28.6. The van der Waals surface area contributed by atoms with Gasteiger partial charge >= 0.3 is 0 Å². The molecule has 0 saturated carbocycles. The van der Waals surface area contributed by atoms with Gasteiger partial charge in [0.25, 0.3) is 11.8 Å². The normalized spacial score (nSPS) is 16.1. The topological polar surface area (TPSA) is 101 Å². The van der Waals surface area contributed by atoms with E-state index in [2.05, 4.69) is 15.2 Å². The lowest BCUT2D eigenvalue weighted by Crippen LogP contribution is -2.45. The molecule has 3 N–H and O–H groups in total. The number of likely N-dealkylation sites (tertiary alicyclic amines) is 2. The smallest absolute Gasteiger partial charge is 0.253 e. The molecule has 0 bridgehead atoms. The van der Waals surface area contributed by atoms with Crippen molar-refractivity contribution in [1.29, 1.82) is 0 Å². The first-order valence-corrected chi connectivity index (χ1v) is 17.4. The highest BCUT2D eigenvalue weighted by atomic mass is 35.5. The second-order valence-electron chi connectivity index (χ2n) is 12.5. The molecule has 10 heteroatoms. The van der Waals surface area contributed by atoms with Gasteiger partial charge in [0.1, 0.15) is 6.10 Å². The highest BCUT2D eigenvalue weighted by molar-refractivity contribution is 6.36. The lowest BCUT2D eigenvalue weighted by atomic mass is 10.0. The van der Waals surface area contributed by atoms with Gasteiger partial charge in [-0.3, -0.25) is 9.59 Å². The standard InChI is InChI=1S/C38H41Cl2N5O3/c1-25(28-6-4-7-29(22-28)37(46)42-17-14-32-33(39)8-5-9-34(32)40)48-35-23-30(24-43-36(35)41)26-10-12-27(13-11-26)38(47)45-20-15-31(16-21-45)44-18-2-3-19-44/h4-13,22-25,31H,2-3,14-21H2,1H3,(H2,41,43)(H,42,46). The van der Waals surface area contributed by atoms with Crippen LogP contribution in [0.5, 0.6) is 5.75 Å². The van der Waals surface area contributed by atoms with Gasteiger partial charge in [-0.2, -0.15) is 0 Å². The summed E-state index contributed by atoms with van der Waals surface area (Å²) >= 11 is 12.5. The van der Waals surface area contributed by atoms with Crippen LogP contribution < -0.4 is 15.8 Å². The summed E-state index contributed by atoms with van der Waals surface area (Å²) in [6.07, 6.45) is 6.48. The van der Waals surface area contributed by atoms with Crippen LogP contribution in [0.25, 0.3) is 11.1 Å². The number of hydrogen-bond acceptors (Lipinski definition) is 6. The SMILES string of the molecule is CC(Oc1cc(-c2ccc(C(=O)N3CCC(N4CCCC4)CC3)cc2)cnc1N)c1cccc(C(=O)NCCc2c(Cl)cccc2Cl)c1. The van der Waals surface area contributed by atoms with Gasteiger partial charge in [-0.05, 0) is 111 Å². The molecule has 2 fully saturated rings. The molecule has 2 aliphatic heterocycles. The summed E-state index contributed by atoms with van der Waals surface area (Å²) in [6.45, 7) is 6.28. The molecule has 48 heavy (non-hydrogen) atoms. The summed E-state index contributed by atoms with van der Waals surface area (Å²) < 4.78 is 6.27. The molecule has 3 aromatic carbocycles. The third kappa shape index (κ3) is 7.95. The predicted molar refractivity (Wildman–Crippen MR) is 192 cm³/mol. The average Bonchev–Trinajstić information content (AvgIpc) is 3.66. The van der Waals surface area contributed by atoms with E-state index < -0.39 is 6.10 Å². The van der Waals surface area contributed by atoms with E-state index in [1.807, 2.05) is 54.3 Å². The lowest BCUT2D eigenvalue weighted by Gasteiger charge is -2.36. The Morgan fingerprint density at radius 2 is 1.60 bits per heavy atom. The molecule has 4 aromatic rings. The quantitative estimate of drug-likeness (QED) is 0.180. The Hall–Kier alpha value is -4.11. The van der Waals surface area contributed by atoms with Gasteiger partial charge in [0.2, 0.25) is 0 Å². The third-order valence-electron chi connectivity index (χ3n) is 9.40. The molecule has 6 rings (SSSR count). The number of rotatable bonds is 10. The van der Waals surface area contributed by atoms with Crippen molar-refractivity contribution >= 4 is 40.8 Å². The van der Waals surface area contributed by atoms with Crippen molar-refractivity contribution in [1.82, 2.24) is 20.1 Å². The molecule has 250 valence electrons. The number of hydrogen-bond donors (Lipinski definition) is 2. The van der Waals surface area contributed by atoms with Gasteiger partial charge in [0, 0.05) is 58.6 Å². The van der Waals surface area contributed by atoms with Crippen molar-refractivity contribution in [2.75, 3.05) is 38.5 Å². The van der Waals surface area contributed by atoms with Gasteiger partial charge < -0.3 is 25.6 Å². The average molecular weight is 687 g/mol. The molecule has 3 heterocycles. The minimum Gasteiger partial charge on any atom is -0.482 e. The van der Waals surface area contributed by atoms with Crippen LogP contribution in [0.4, 0.5) is 5.82 Å². The number of nitrogen functional groups attached to an aromatic ring is 1. The fourth-order valence-corrected chi connectivity index (χ4v) is 7.19. The molecule has 1 aromatic heterocycles. The number of nitrogens with two attached hydrogens (primary N) is 1. The number of amides is 2. The summed E-state index contributed by atoms with van der Waals surface area (Å²) in [5.41, 5.74) is 10.8. The van der Waals surface area contributed by atoms with Gasteiger partial charge in [-0.25, -0.2) is 4.98 Å². The van der Waals surface area contributed by atoms with E-state index in [4.69, 9.17) is 33.7 Å². The molecular weight excluding hydrogens is 645 g/mol. The van der Waals surface area contributed by atoms with Crippen LogP contribution in [0.15, 0.2) is 79.0 Å². The monoisotopic (exact) mass is 685 g/mol. The Morgan fingerprint density at radius 1 is 0.917 bits per heavy atom. The van der Waals surface area contributed by atoms with Crippen LogP contribution in [-0.2, 0) is 6.42 Å². The van der Waals surface area contributed by atoms with Crippen LogP contribution in [0.3, 0.4) is 0 Å². The van der Waals surface area contributed by atoms with Gasteiger partial charge in [-0.1, -0.05) is 53.5 Å². The largest absolute Gasteiger partial charge is 0.482 e. The molecule has 1 atom stereocenters. The van der Waals surface area contributed by atoms with E-state index in [1.165, 1.54) is 25.9 Å². The zero-order valence-electron chi connectivity index (χ0n) is 27.1. The van der Waals surface area contributed by atoms with Crippen LogP contribution in [0, 0.1) is 0 Å². The van der Waals surface area contributed by atoms with Crippen molar-refractivity contribution in [2.24, 2.45) is 0 Å². The number of ether oxygens (including phenoxy) is 1. The number of pyridine rings is 1. The number of halogens is 2. The van der Waals surface area contributed by atoms with Crippen LogP contribution in [0.2, 0.25) is 10.0 Å². The first-order valence-electron chi connectivity index (χ1n) is 16.6. The number of carbonyl (C=O) groups is 2. The Balaban J connectivity index is 1.06. The number of anilines is 1. The number of piperidine rings is 1. The molecule has 0 spiro atoms. The number of aromatic nitrogens is 1. The molecule has 2 saturated heterocycles. The van der Waals surface area contributed by atoms with E-state index in [0.29, 0.717) is 45.9 Å².